The van der Waals surface area contributed by atoms with Gasteiger partial charge >= 0.3 is 0 Å². The van der Waals surface area contributed by atoms with Gasteiger partial charge in [0.2, 0.25) is 0 Å². The van der Waals surface area contributed by atoms with Crippen molar-refractivity contribution in [3.8, 4) is 0 Å². The fourth-order valence-electron chi connectivity index (χ4n) is 4.30. The van der Waals surface area contributed by atoms with Crippen molar-refractivity contribution in [1.29, 1.82) is 0 Å². The smallest absolute Gasteiger partial charge is 0.267 e. The third-order valence-electron chi connectivity index (χ3n) is 6.11. The first-order valence-corrected chi connectivity index (χ1v) is 12.4. The van der Waals surface area contributed by atoms with E-state index in [0.717, 1.165) is 48.1 Å². The van der Waals surface area contributed by atoms with Crippen LogP contribution in [-0.2, 0) is 9.84 Å². The number of carbonyl (C=O) groups excluding carboxylic acids is 1. The number of aromatic amines is 1. The summed E-state index contributed by atoms with van der Waals surface area (Å²) < 4.78 is 24.0. The molecule has 2 aromatic carbocycles. The number of nitrogens with one attached hydrogen (secondary N) is 2. The molecule has 1 fully saturated rings. The number of fused-ring (bicyclic) bond motifs is 1. The largest absolute Gasteiger partial charge is 0.371 e. The fraction of sp³-hybridized carbons (Fsp3) is 0.375. The lowest BCUT2D eigenvalue weighted by molar-refractivity contribution is 0.0927. The molecule has 2 N–H and O–H groups in total. The van der Waals surface area contributed by atoms with Crippen LogP contribution in [0.2, 0.25) is 0 Å². The Labute approximate surface area is 183 Å². The second kappa shape index (κ2) is 8.38. The zero-order valence-electron chi connectivity index (χ0n) is 18.2. The van der Waals surface area contributed by atoms with Gasteiger partial charge in [-0.25, -0.2) is 8.42 Å². The second-order valence-corrected chi connectivity index (χ2v) is 10.6. The lowest BCUT2D eigenvalue weighted by Crippen LogP contribution is -2.44. The fourth-order valence-corrected chi connectivity index (χ4v) is 5.18. The molecular weight excluding hydrogens is 410 g/mol. The molecule has 7 heteroatoms. The Morgan fingerprint density at radius 2 is 1.77 bits per heavy atom. The molecule has 1 aliphatic rings. The molecular formula is C24H29N3O3S. The predicted octanol–water partition coefficient (Wildman–Crippen LogP) is 3.98. The van der Waals surface area contributed by atoms with Crippen LogP contribution in [0.4, 0.5) is 5.69 Å². The van der Waals surface area contributed by atoms with Crippen LogP contribution in [0.15, 0.2) is 47.4 Å². The summed E-state index contributed by atoms with van der Waals surface area (Å²) in [6.45, 7) is 7.40. The number of benzene rings is 2. The van der Waals surface area contributed by atoms with Gasteiger partial charge in [-0.15, -0.1) is 0 Å². The van der Waals surface area contributed by atoms with Crippen LogP contribution in [0.3, 0.4) is 0 Å². The van der Waals surface area contributed by atoms with E-state index in [-0.39, 0.29) is 17.7 Å². The molecule has 0 bridgehead atoms. The number of aromatic nitrogens is 1. The monoisotopic (exact) mass is 439 g/mol. The Balaban J connectivity index is 1.37. The first-order valence-electron chi connectivity index (χ1n) is 10.8. The van der Waals surface area contributed by atoms with Gasteiger partial charge in [-0.3, -0.25) is 4.79 Å². The van der Waals surface area contributed by atoms with Gasteiger partial charge in [0, 0.05) is 35.7 Å². The van der Waals surface area contributed by atoms with Crippen LogP contribution in [-0.4, -0.2) is 44.2 Å². The molecule has 0 unspecified atom stereocenters. The number of sulfone groups is 1. The van der Waals surface area contributed by atoms with Crippen molar-refractivity contribution in [2.24, 2.45) is 0 Å². The number of piperidine rings is 1. The molecule has 4 rings (SSSR count). The minimum atomic E-state index is -3.18. The summed E-state index contributed by atoms with van der Waals surface area (Å²) in [5.41, 5.74) is 4.94. The van der Waals surface area contributed by atoms with Gasteiger partial charge in [0.25, 0.3) is 5.91 Å². The summed E-state index contributed by atoms with van der Waals surface area (Å²) in [6.07, 6.45) is 1.69. The second-order valence-electron chi connectivity index (χ2n) is 8.36. The molecule has 0 saturated carbocycles. The molecule has 2 heterocycles. The lowest BCUT2D eigenvalue weighted by atomic mass is 10.0. The molecule has 164 valence electrons. The maximum atomic E-state index is 12.8. The number of rotatable bonds is 5. The topological polar surface area (TPSA) is 82.3 Å². The van der Waals surface area contributed by atoms with Gasteiger partial charge in [0.1, 0.15) is 5.69 Å². The highest BCUT2D eigenvalue weighted by atomic mass is 32.2. The van der Waals surface area contributed by atoms with E-state index in [1.54, 1.807) is 19.1 Å². The third-order valence-corrected chi connectivity index (χ3v) is 7.86. The van der Waals surface area contributed by atoms with Crippen LogP contribution in [0.5, 0.6) is 0 Å². The van der Waals surface area contributed by atoms with Crippen LogP contribution < -0.4 is 10.2 Å². The van der Waals surface area contributed by atoms with Crippen molar-refractivity contribution in [3.05, 3.63) is 59.3 Å². The van der Waals surface area contributed by atoms with E-state index in [1.165, 1.54) is 5.56 Å². The Kier molecular flexibility index (Phi) is 5.79. The van der Waals surface area contributed by atoms with Gasteiger partial charge in [-0.1, -0.05) is 13.0 Å². The van der Waals surface area contributed by atoms with Crippen LogP contribution in [0.1, 0.15) is 41.4 Å². The van der Waals surface area contributed by atoms with Crippen LogP contribution >= 0.6 is 0 Å². The van der Waals surface area contributed by atoms with Gasteiger partial charge in [-0.2, -0.15) is 0 Å². The lowest BCUT2D eigenvalue weighted by Gasteiger charge is -2.34. The zero-order valence-corrected chi connectivity index (χ0v) is 19.1. The summed E-state index contributed by atoms with van der Waals surface area (Å²) in [6, 6.07) is 13.3. The highest BCUT2D eigenvalue weighted by molar-refractivity contribution is 7.91. The van der Waals surface area contributed by atoms with E-state index in [0.29, 0.717) is 10.6 Å². The van der Waals surface area contributed by atoms with Crippen LogP contribution in [0.25, 0.3) is 10.9 Å². The zero-order chi connectivity index (χ0) is 22.2. The molecule has 1 aromatic heterocycles. The first kappa shape index (κ1) is 21.4. The Morgan fingerprint density at radius 3 is 2.42 bits per heavy atom. The molecule has 6 nitrogen and oxygen atoms in total. The highest BCUT2D eigenvalue weighted by Crippen LogP contribution is 2.24. The molecule has 0 radical (unpaired) electrons. The minimum Gasteiger partial charge on any atom is -0.371 e. The summed E-state index contributed by atoms with van der Waals surface area (Å²) in [7, 11) is -3.18. The van der Waals surface area contributed by atoms with Gasteiger partial charge in [0.05, 0.1) is 10.6 Å². The summed E-state index contributed by atoms with van der Waals surface area (Å²) in [5, 5.41) is 4.25. The van der Waals surface area contributed by atoms with Crippen molar-refractivity contribution in [2.75, 3.05) is 23.7 Å². The van der Waals surface area contributed by atoms with Crippen LogP contribution in [0, 0.1) is 13.8 Å². The maximum absolute atomic E-state index is 12.8. The van der Waals surface area contributed by atoms with Crippen molar-refractivity contribution < 1.29 is 13.2 Å². The van der Waals surface area contributed by atoms with Crippen molar-refractivity contribution >= 4 is 32.3 Å². The van der Waals surface area contributed by atoms with E-state index in [9.17, 15) is 13.2 Å². The van der Waals surface area contributed by atoms with Crippen molar-refractivity contribution in [1.82, 2.24) is 10.3 Å². The van der Waals surface area contributed by atoms with E-state index in [2.05, 4.69) is 41.2 Å². The van der Waals surface area contributed by atoms with E-state index in [4.69, 9.17) is 0 Å². The van der Waals surface area contributed by atoms with Gasteiger partial charge in [-0.05, 0) is 74.2 Å². The van der Waals surface area contributed by atoms with E-state index in [1.807, 2.05) is 18.2 Å². The normalized spacial score (nSPS) is 15.4. The Hall–Kier alpha value is -2.80. The average molecular weight is 440 g/mol. The molecule has 3 aromatic rings. The van der Waals surface area contributed by atoms with Gasteiger partial charge < -0.3 is 15.2 Å². The molecule has 0 atom stereocenters. The first-order chi connectivity index (χ1) is 14.8. The Bertz CT molecular complexity index is 1200. The third kappa shape index (κ3) is 4.46. The molecule has 1 aliphatic heterocycles. The number of hydrogen-bond donors (Lipinski definition) is 2. The number of anilines is 1. The molecule has 31 heavy (non-hydrogen) atoms. The quantitative estimate of drug-likeness (QED) is 0.630. The van der Waals surface area contributed by atoms with Crippen molar-refractivity contribution in [2.45, 2.75) is 44.6 Å². The molecule has 1 saturated heterocycles. The summed E-state index contributed by atoms with van der Waals surface area (Å²) >= 11 is 0. The number of aryl methyl sites for hydroxylation is 2. The van der Waals surface area contributed by atoms with Crippen molar-refractivity contribution in [3.63, 3.8) is 0 Å². The molecule has 0 spiro atoms. The maximum Gasteiger partial charge on any atom is 0.267 e. The minimum absolute atomic E-state index is 0.0687. The molecule has 1 amide bonds. The van der Waals surface area contributed by atoms with E-state index < -0.39 is 9.84 Å². The van der Waals surface area contributed by atoms with Gasteiger partial charge in [0.15, 0.2) is 9.84 Å². The Morgan fingerprint density at radius 1 is 1.10 bits per heavy atom. The number of carbonyl (C=O) groups is 1. The summed E-state index contributed by atoms with van der Waals surface area (Å²) in [5.74, 6) is 0.0355. The SMILES string of the molecule is CCS(=O)(=O)c1ccc(N2CCC(NC(=O)c3cc4c(C)cc(C)cc4[nH]3)CC2)cc1. The molecule has 0 aliphatic carbocycles. The number of hydrogen-bond acceptors (Lipinski definition) is 4. The highest BCUT2D eigenvalue weighted by Gasteiger charge is 2.22. The number of H-pyrrole nitrogens is 1. The van der Waals surface area contributed by atoms with E-state index >= 15 is 0 Å². The standard InChI is InChI=1S/C24H29N3O3S/c1-4-31(29,30)20-7-5-19(6-8-20)27-11-9-18(10-12-27)25-24(28)23-15-21-17(3)13-16(2)14-22(21)26-23/h5-8,13-15,18,26H,4,9-12H2,1-3H3,(H,25,28). The number of nitrogens with zero attached hydrogens (tertiary/aromatic N) is 1. The average Bonchev–Trinajstić information content (AvgIpc) is 3.19. The predicted molar refractivity (Wildman–Crippen MR) is 125 cm³/mol. The number of amides is 1. The summed E-state index contributed by atoms with van der Waals surface area (Å²) in [4.78, 5) is 18.6.